The third-order valence-corrected chi connectivity index (χ3v) is 4.95. The van der Waals surface area contributed by atoms with E-state index in [4.69, 9.17) is 9.47 Å². The summed E-state index contributed by atoms with van der Waals surface area (Å²) >= 11 is 0. The molecule has 2 fully saturated rings. The van der Waals surface area contributed by atoms with Crippen molar-refractivity contribution in [3.05, 3.63) is 29.8 Å². The first-order valence-corrected chi connectivity index (χ1v) is 8.68. The Labute approximate surface area is 168 Å². The van der Waals surface area contributed by atoms with E-state index in [1.165, 1.54) is 5.56 Å². The lowest BCUT2D eigenvalue weighted by Crippen LogP contribution is -2.55. The monoisotopic (exact) mass is 405 g/mol. The van der Waals surface area contributed by atoms with Crippen molar-refractivity contribution in [1.82, 2.24) is 15.1 Å². The van der Waals surface area contributed by atoms with Gasteiger partial charge in [0.25, 0.3) is 5.91 Å². The molecule has 2 saturated heterocycles. The zero-order valence-corrected chi connectivity index (χ0v) is 17.0. The number of carbonyl (C=O) groups excluding carboxylic acids is 1. The molecule has 2 aliphatic rings. The standard InChI is InChI=1S/C18H27N3O3.2ClH/c1-14(15-4-3-5-16(12-15)23-2)20-7-9-21(10-8-20)18(22)17-13-19-6-11-24-17;;/h3-5,12,14,17,19H,6-11,13H2,1-2H3;2*1H. The maximum Gasteiger partial charge on any atom is 0.253 e. The van der Waals surface area contributed by atoms with Crippen molar-refractivity contribution in [2.24, 2.45) is 0 Å². The Balaban J connectivity index is 0.00000169. The fraction of sp³-hybridized carbons (Fsp3) is 0.611. The maximum atomic E-state index is 12.5. The molecule has 0 aromatic heterocycles. The molecule has 6 nitrogen and oxygen atoms in total. The topological polar surface area (TPSA) is 54.0 Å². The fourth-order valence-corrected chi connectivity index (χ4v) is 3.37. The van der Waals surface area contributed by atoms with Crippen LogP contribution >= 0.6 is 24.8 Å². The highest BCUT2D eigenvalue weighted by molar-refractivity contribution is 5.85. The second-order valence-electron chi connectivity index (χ2n) is 6.38. The molecule has 0 aliphatic carbocycles. The summed E-state index contributed by atoms with van der Waals surface area (Å²) < 4.78 is 10.9. The van der Waals surface area contributed by atoms with Gasteiger partial charge in [-0.2, -0.15) is 0 Å². The number of benzene rings is 1. The summed E-state index contributed by atoms with van der Waals surface area (Å²) in [6, 6.07) is 8.52. The van der Waals surface area contributed by atoms with E-state index in [0.717, 1.165) is 38.5 Å². The smallest absolute Gasteiger partial charge is 0.253 e. The molecular formula is C18H29Cl2N3O3. The van der Waals surface area contributed by atoms with Gasteiger partial charge in [-0.15, -0.1) is 24.8 Å². The fourth-order valence-electron chi connectivity index (χ4n) is 3.37. The number of amides is 1. The lowest BCUT2D eigenvalue weighted by molar-refractivity contribution is -0.147. The van der Waals surface area contributed by atoms with Crippen LogP contribution in [0.25, 0.3) is 0 Å². The molecule has 0 spiro atoms. The highest BCUT2D eigenvalue weighted by Crippen LogP contribution is 2.25. The van der Waals surface area contributed by atoms with Crippen LogP contribution in [-0.4, -0.2) is 74.8 Å². The average Bonchev–Trinajstić information content (AvgIpc) is 2.67. The van der Waals surface area contributed by atoms with Gasteiger partial charge in [-0.1, -0.05) is 12.1 Å². The summed E-state index contributed by atoms with van der Waals surface area (Å²) in [6.45, 7) is 7.55. The molecule has 0 bridgehead atoms. The first-order valence-electron chi connectivity index (χ1n) is 8.68. The van der Waals surface area contributed by atoms with E-state index < -0.39 is 0 Å². The van der Waals surface area contributed by atoms with Crippen LogP contribution in [0.5, 0.6) is 5.75 Å². The number of nitrogens with zero attached hydrogens (tertiary/aromatic N) is 2. The van der Waals surface area contributed by atoms with E-state index >= 15 is 0 Å². The van der Waals surface area contributed by atoms with Gasteiger partial charge in [-0.05, 0) is 24.6 Å². The summed E-state index contributed by atoms with van der Waals surface area (Å²) in [5.41, 5.74) is 1.24. The zero-order chi connectivity index (χ0) is 16.9. The molecule has 2 unspecified atom stereocenters. The molecule has 2 aliphatic heterocycles. The second-order valence-corrected chi connectivity index (χ2v) is 6.38. The van der Waals surface area contributed by atoms with Gasteiger partial charge in [-0.25, -0.2) is 0 Å². The Kier molecular flexibility index (Phi) is 9.68. The van der Waals surface area contributed by atoms with Gasteiger partial charge >= 0.3 is 0 Å². The highest BCUT2D eigenvalue weighted by atomic mass is 35.5. The number of rotatable bonds is 4. The summed E-state index contributed by atoms with van der Waals surface area (Å²) in [4.78, 5) is 16.9. The van der Waals surface area contributed by atoms with Gasteiger partial charge in [0, 0.05) is 45.3 Å². The van der Waals surface area contributed by atoms with Crippen LogP contribution in [0.3, 0.4) is 0 Å². The van der Waals surface area contributed by atoms with Crippen molar-refractivity contribution in [1.29, 1.82) is 0 Å². The molecule has 0 radical (unpaired) electrons. The number of ether oxygens (including phenoxy) is 2. The molecule has 1 amide bonds. The van der Waals surface area contributed by atoms with Gasteiger partial charge in [0.15, 0.2) is 0 Å². The number of methoxy groups -OCH3 is 1. The number of morpholine rings is 1. The first-order chi connectivity index (χ1) is 11.7. The normalized spacial score (nSPS) is 21.9. The highest BCUT2D eigenvalue weighted by Gasteiger charge is 2.30. The van der Waals surface area contributed by atoms with Crippen molar-refractivity contribution in [2.45, 2.75) is 19.1 Å². The Morgan fingerprint density at radius 2 is 2.00 bits per heavy atom. The predicted molar refractivity (Wildman–Crippen MR) is 107 cm³/mol. The van der Waals surface area contributed by atoms with E-state index in [9.17, 15) is 4.79 Å². The molecule has 2 atom stereocenters. The van der Waals surface area contributed by atoms with Gasteiger partial charge in [0.2, 0.25) is 0 Å². The molecule has 1 aromatic rings. The molecule has 1 N–H and O–H groups in total. The van der Waals surface area contributed by atoms with Crippen LogP contribution in [0.1, 0.15) is 18.5 Å². The van der Waals surface area contributed by atoms with Crippen LogP contribution < -0.4 is 10.1 Å². The number of hydrogen-bond donors (Lipinski definition) is 1. The minimum absolute atomic E-state index is 0. The molecule has 8 heteroatoms. The quantitative estimate of drug-likeness (QED) is 0.826. The van der Waals surface area contributed by atoms with Crippen LogP contribution in [0.2, 0.25) is 0 Å². The van der Waals surface area contributed by atoms with E-state index in [2.05, 4.69) is 29.3 Å². The van der Waals surface area contributed by atoms with Gasteiger partial charge in [0.1, 0.15) is 11.9 Å². The van der Waals surface area contributed by atoms with Gasteiger partial charge < -0.3 is 19.7 Å². The predicted octanol–water partition coefficient (Wildman–Crippen LogP) is 1.73. The third-order valence-electron chi connectivity index (χ3n) is 4.95. The largest absolute Gasteiger partial charge is 0.497 e. The molecule has 1 aromatic carbocycles. The Morgan fingerprint density at radius 1 is 1.27 bits per heavy atom. The van der Waals surface area contributed by atoms with Crippen LogP contribution in [0, 0.1) is 0 Å². The number of carbonyl (C=O) groups is 1. The van der Waals surface area contributed by atoms with E-state index in [0.29, 0.717) is 19.2 Å². The van der Waals surface area contributed by atoms with E-state index in [1.807, 2.05) is 17.0 Å². The molecular weight excluding hydrogens is 377 g/mol. The molecule has 26 heavy (non-hydrogen) atoms. The minimum Gasteiger partial charge on any atom is -0.497 e. The molecule has 148 valence electrons. The Hall–Kier alpha value is -1.05. The number of hydrogen-bond acceptors (Lipinski definition) is 5. The van der Waals surface area contributed by atoms with E-state index in [-0.39, 0.29) is 36.8 Å². The van der Waals surface area contributed by atoms with E-state index in [1.54, 1.807) is 7.11 Å². The lowest BCUT2D eigenvalue weighted by Gasteiger charge is -2.39. The lowest BCUT2D eigenvalue weighted by atomic mass is 10.1. The maximum absolute atomic E-state index is 12.5. The van der Waals surface area contributed by atoms with Crippen molar-refractivity contribution < 1.29 is 14.3 Å². The molecule has 2 heterocycles. The number of nitrogens with one attached hydrogen (secondary N) is 1. The van der Waals surface area contributed by atoms with Crippen molar-refractivity contribution >= 4 is 30.7 Å². The summed E-state index contributed by atoms with van der Waals surface area (Å²) in [5, 5.41) is 3.22. The number of piperazine rings is 1. The van der Waals surface area contributed by atoms with Gasteiger partial charge in [-0.3, -0.25) is 9.69 Å². The Morgan fingerprint density at radius 3 is 2.62 bits per heavy atom. The van der Waals surface area contributed by atoms with Gasteiger partial charge in [0.05, 0.1) is 13.7 Å². The summed E-state index contributed by atoms with van der Waals surface area (Å²) in [5.74, 6) is 1.01. The van der Waals surface area contributed by atoms with Crippen molar-refractivity contribution in [3.8, 4) is 5.75 Å². The summed E-state index contributed by atoms with van der Waals surface area (Å²) in [6.07, 6.45) is -0.318. The summed E-state index contributed by atoms with van der Waals surface area (Å²) in [7, 11) is 1.69. The average molecular weight is 406 g/mol. The Bertz CT molecular complexity index is 562. The second kappa shape index (κ2) is 10.9. The zero-order valence-electron chi connectivity index (χ0n) is 15.3. The van der Waals surface area contributed by atoms with Crippen molar-refractivity contribution in [2.75, 3.05) is 53.0 Å². The van der Waals surface area contributed by atoms with Crippen LogP contribution in [-0.2, 0) is 9.53 Å². The third kappa shape index (κ3) is 5.47. The number of halogens is 2. The SMILES string of the molecule is COc1cccc(C(C)N2CCN(C(=O)C3CNCCO3)CC2)c1.Cl.Cl. The molecule has 0 saturated carbocycles. The molecule has 3 rings (SSSR count). The first kappa shape index (κ1) is 23.0. The minimum atomic E-state index is -0.318. The van der Waals surface area contributed by atoms with Crippen molar-refractivity contribution in [3.63, 3.8) is 0 Å². The van der Waals surface area contributed by atoms with Crippen LogP contribution in [0.15, 0.2) is 24.3 Å². The van der Waals surface area contributed by atoms with Crippen LogP contribution in [0.4, 0.5) is 0 Å².